The zero-order valence-electron chi connectivity index (χ0n) is 11.5. The van der Waals surface area contributed by atoms with Crippen LogP contribution in [0.1, 0.15) is 18.1 Å². The van der Waals surface area contributed by atoms with Crippen molar-refractivity contribution in [3.05, 3.63) is 45.6 Å². The van der Waals surface area contributed by atoms with Crippen LogP contribution >= 0.6 is 0 Å². The van der Waals surface area contributed by atoms with Gasteiger partial charge in [0.25, 0.3) is 0 Å². The van der Waals surface area contributed by atoms with E-state index in [2.05, 4.69) is 10.3 Å². The number of fused-ring (bicyclic) bond motifs is 1. The number of nitrogens with one attached hydrogen (secondary N) is 2. The topological polar surface area (TPSA) is 112 Å². The Morgan fingerprint density at radius 3 is 2.76 bits per heavy atom. The van der Waals surface area contributed by atoms with Crippen molar-refractivity contribution in [3.8, 4) is 0 Å². The van der Waals surface area contributed by atoms with Crippen molar-refractivity contribution in [1.29, 1.82) is 0 Å². The van der Waals surface area contributed by atoms with Crippen LogP contribution in [0.3, 0.4) is 0 Å². The molecule has 1 aromatic heterocycles. The quantitative estimate of drug-likeness (QED) is 0.729. The number of H-pyrrole nitrogens is 1. The number of benzene rings is 1. The summed E-state index contributed by atoms with van der Waals surface area (Å²) in [5.41, 5.74) is 2.44. The van der Waals surface area contributed by atoms with Crippen molar-refractivity contribution in [2.24, 2.45) is 0 Å². The smallest absolute Gasteiger partial charge is 0.417 e. The number of oxazole rings is 1. The first-order valence-electron chi connectivity index (χ1n) is 6.20. The molecule has 0 aliphatic carbocycles. The number of aryl methyl sites for hydroxylation is 1. The number of carbonyl (C=O) groups excluding carboxylic acids is 1. The van der Waals surface area contributed by atoms with Crippen LogP contribution in [0.5, 0.6) is 0 Å². The van der Waals surface area contributed by atoms with E-state index in [4.69, 9.17) is 9.52 Å². The fourth-order valence-electron chi connectivity index (χ4n) is 2.01. The second-order valence-electron chi connectivity index (χ2n) is 4.61. The molecule has 0 saturated heterocycles. The lowest BCUT2D eigenvalue weighted by molar-refractivity contribution is -0.134. The van der Waals surface area contributed by atoms with Crippen LogP contribution < -0.4 is 11.1 Å². The van der Waals surface area contributed by atoms with Crippen molar-refractivity contribution in [2.45, 2.75) is 20.3 Å². The van der Waals surface area contributed by atoms with Crippen molar-refractivity contribution in [3.63, 3.8) is 0 Å². The Morgan fingerprint density at radius 2 is 2.14 bits per heavy atom. The number of hydrogen-bond acceptors (Lipinski definition) is 4. The largest absolute Gasteiger partial charge is 0.477 e. The second-order valence-corrected chi connectivity index (χ2v) is 4.61. The molecule has 0 atom stereocenters. The maximum absolute atomic E-state index is 11.2. The van der Waals surface area contributed by atoms with E-state index in [9.17, 15) is 14.4 Å². The number of aliphatic carboxylic acids is 1. The molecule has 0 bridgehead atoms. The number of amides is 1. The number of aromatic amines is 1. The summed E-state index contributed by atoms with van der Waals surface area (Å²) >= 11 is 0. The highest BCUT2D eigenvalue weighted by Gasteiger charge is 2.10. The third-order valence-electron chi connectivity index (χ3n) is 2.87. The highest BCUT2D eigenvalue weighted by atomic mass is 16.4. The van der Waals surface area contributed by atoms with Gasteiger partial charge in [0.15, 0.2) is 5.58 Å². The minimum atomic E-state index is -1.21. The number of carbonyl (C=O) groups is 2. The zero-order valence-corrected chi connectivity index (χ0v) is 11.5. The molecule has 3 N–H and O–H groups in total. The Hall–Kier alpha value is -2.83. The predicted octanol–water partition coefficient (Wildman–Crippen LogP) is 1.08. The lowest BCUT2D eigenvalue weighted by Crippen LogP contribution is -2.24. The van der Waals surface area contributed by atoms with Gasteiger partial charge in [0.1, 0.15) is 5.70 Å². The van der Waals surface area contributed by atoms with E-state index in [1.807, 2.05) is 13.0 Å². The van der Waals surface area contributed by atoms with Crippen molar-refractivity contribution < 1.29 is 19.1 Å². The molecule has 2 rings (SSSR count). The van der Waals surface area contributed by atoms with Gasteiger partial charge in [-0.25, -0.2) is 9.59 Å². The fourth-order valence-corrected chi connectivity index (χ4v) is 2.01. The van der Waals surface area contributed by atoms with E-state index in [-0.39, 0.29) is 12.1 Å². The Kier molecular flexibility index (Phi) is 3.93. The van der Waals surface area contributed by atoms with Gasteiger partial charge in [-0.1, -0.05) is 6.07 Å². The number of rotatable bonds is 4. The van der Waals surface area contributed by atoms with Gasteiger partial charge < -0.3 is 14.8 Å². The van der Waals surface area contributed by atoms with Crippen LogP contribution in [0, 0.1) is 6.92 Å². The molecule has 0 unspecified atom stereocenters. The average Bonchev–Trinajstić information content (AvgIpc) is 2.75. The third kappa shape index (κ3) is 3.38. The summed E-state index contributed by atoms with van der Waals surface area (Å²) in [6.45, 7) is 3.05. The van der Waals surface area contributed by atoms with Crippen LogP contribution in [0.25, 0.3) is 11.1 Å². The van der Waals surface area contributed by atoms with Gasteiger partial charge in [0, 0.05) is 6.92 Å². The number of carboxylic acids is 1. The van der Waals surface area contributed by atoms with Crippen molar-refractivity contribution >= 4 is 23.0 Å². The predicted molar refractivity (Wildman–Crippen MR) is 74.8 cm³/mol. The standard InChI is InChI=1S/C14H14N2O5/c1-7-5-9(6-11-12(7)16-14(20)21-11)3-4-10(13(18)19)15-8(2)17/h4-6H,3H2,1-2H3,(H,15,17)(H,16,20)(H,18,19). The van der Waals surface area contributed by atoms with Gasteiger partial charge in [-0.3, -0.25) is 9.78 Å². The van der Waals surface area contributed by atoms with Crippen molar-refractivity contribution in [1.82, 2.24) is 10.3 Å². The summed E-state index contributed by atoms with van der Waals surface area (Å²) in [4.78, 5) is 35.7. The highest BCUT2D eigenvalue weighted by Crippen LogP contribution is 2.18. The molecule has 21 heavy (non-hydrogen) atoms. The molecule has 110 valence electrons. The van der Waals surface area contributed by atoms with E-state index in [0.29, 0.717) is 11.1 Å². The van der Waals surface area contributed by atoms with E-state index in [1.54, 1.807) is 6.07 Å². The SMILES string of the molecule is CC(=O)NC(=CCc1cc(C)c2[nH]c(=O)oc2c1)C(=O)O. The Bertz CT molecular complexity index is 797. The Balaban J connectivity index is 2.32. The number of carboxylic acid groups (broad SMARTS) is 1. The molecular formula is C14H14N2O5. The molecule has 1 aromatic carbocycles. The highest BCUT2D eigenvalue weighted by molar-refractivity contribution is 5.91. The Labute approximate surface area is 119 Å². The van der Waals surface area contributed by atoms with Gasteiger partial charge in [-0.2, -0.15) is 0 Å². The van der Waals surface area contributed by atoms with Crippen LogP contribution in [-0.2, 0) is 16.0 Å². The lowest BCUT2D eigenvalue weighted by Gasteiger charge is -2.04. The normalized spacial score (nSPS) is 11.6. The molecule has 0 aliphatic heterocycles. The summed E-state index contributed by atoms with van der Waals surface area (Å²) in [6.07, 6.45) is 1.68. The molecule has 0 fully saturated rings. The van der Waals surface area contributed by atoms with Gasteiger partial charge >= 0.3 is 11.7 Å². The van der Waals surface area contributed by atoms with Crippen LogP contribution in [0.15, 0.2) is 33.1 Å². The van der Waals surface area contributed by atoms with Crippen LogP contribution in [0.2, 0.25) is 0 Å². The maximum atomic E-state index is 11.2. The van der Waals surface area contributed by atoms with Gasteiger partial charge in [0.05, 0.1) is 5.52 Å². The van der Waals surface area contributed by atoms with Crippen molar-refractivity contribution in [2.75, 3.05) is 0 Å². The number of hydrogen-bond donors (Lipinski definition) is 3. The Morgan fingerprint density at radius 1 is 1.43 bits per heavy atom. The van der Waals surface area contributed by atoms with Gasteiger partial charge in [0.2, 0.25) is 5.91 Å². The summed E-state index contributed by atoms with van der Waals surface area (Å²) < 4.78 is 4.99. The van der Waals surface area contributed by atoms with E-state index >= 15 is 0 Å². The van der Waals surface area contributed by atoms with E-state index in [1.165, 1.54) is 13.0 Å². The first-order chi connectivity index (χ1) is 9.86. The molecular weight excluding hydrogens is 276 g/mol. The molecule has 7 nitrogen and oxygen atoms in total. The lowest BCUT2D eigenvalue weighted by atomic mass is 10.1. The molecule has 0 aliphatic rings. The van der Waals surface area contributed by atoms with Crippen LogP contribution in [-0.4, -0.2) is 22.0 Å². The first-order valence-corrected chi connectivity index (χ1v) is 6.20. The molecule has 0 spiro atoms. The molecule has 0 saturated carbocycles. The first kappa shape index (κ1) is 14.6. The molecule has 0 radical (unpaired) electrons. The third-order valence-corrected chi connectivity index (χ3v) is 2.87. The molecule has 1 heterocycles. The molecule has 7 heteroatoms. The average molecular weight is 290 g/mol. The minimum absolute atomic E-state index is 0.184. The molecule has 1 amide bonds. The maximum Gasteiger partial charge on any atom is 0.417 e. The van der Waals surface area contributed by atoms with Gasteiger partial charge in [-0.15, -0.1) is 0 Å². The van der Waals surface area contributed by atoms with Gasteiger partial charge in [-0.05, 0) is 36.6 Å². The number of aromatic nitrogens is 1. The fraction of sp³-hybridized carbons (Fsp3) is 0.214. The van der Waals surface area contributed by atoms with E-state index < -0.39 is 17.6 Å². The summed E-state index contributed by atoms with van der Waals surface area (Å²) in [7, 11) is 0. The summed E-state index contributed by atoms with van der Waals surface area (Å²) in [5, 5.41) is 11.2. The minimum Gasteiger partial charge on any atom is -0.477 e. The monoisotopic (exact) mass is 290 g/mol. The zero-order chi connectivity index (χ0) is 15.6. The molecule has 2 aromatic rings. The summed E-state index contributed by atoms with van der Waals surface area (Å²) in [5.74, 6) is -2.20. The van der Waals surface area contributed by atoms with E-state index in [0.717, 1.165) is 11.1 Å². The summed E-state index contributed by atoms with van der Waals surface area (Å²) in [6, 6.07) is 3.47. The van der Waals surface area contributed by atoms with Crippen LogP contribution in [0.4, 0.5) is 0 Å². The second kappa shape index (κ2) is 5.66. The number of allylic oxidation sites excluding steroid dienone is 1.